The number of ether oxygens (including phenoxy) is 5. The van der Waals surface area contributed by atoms with E-state index in [1.54, 1.807) is 0 Å². The lowest BCUT2D eigenvalue weighted by Crippen LogP contribution is -2.42. The highest BCUT2D eigenvalue weighted by atomic mass is 31.1. The minimum atomic E-state index is -0.178. The van der Waals surface area contributed by atoms with Crippen molar-refractivity contribution < 1.29 is 23.7 Å². The summed E-state index contributed by atoms with van der Waals surface area (Å²) in [5.74, 6) is 0. The third kappa shape index (κ3) is 18.8. The molecule has 2 atom stereocenters. The Labute approximate surface area is 215 Å². The summed E-state index contributed by atoms with van der Waals surface area (Å²) in [5.41, 5.74) is 6.06. The molecule has 0 aliphatic carbocycles. The predicted octanol–water partition coefficient (Wildman–Crippen LogP) is 6.00. The Morgan fingerprint density at radius 3 is 1.29 bits per heavy atom. The van der Waals surface area contributed by atoms with E-state index in [0.29, 0.717) is 6.54 Å². The number of hydrogen-bond donors (Lipinski definition) is 1. The first-order valence-corrected chi connectivity index (χ1v) is 16.7. The molecule has 0 aliphatic rings. The summed E-state index contributed by atoms with van der Waals surface area (Å²) in [6.07, 6.45) is 12.7. The van der Waals surface area contributed by atoms with Gasteiger partial charge in [0.15, 0.2) is 12.6 Å². The van der Waals surface area contributed by atoms with Crippen LogP contribution in [0.25, 0.3) is 0 Å². The molecule has 2 unspecified atom stereocenters. The van der Waals surface area contributed by atoms with Gasteiger partial charge < -0.3 is 29.4 Å². The van der Waals surface area contributed by atoms with Crippen LogP contribution < -0.4 is 5.73 Å². The number of hydrogen-bond acceptors (Lipinski definition) is 6. The molecule has 206 valence electrons. The Hall–Kier alpha value is 0.620. The van der Waals surface area contributed by atoms with E-state index in [1.165, 1.54) is 0 Å². The van der Waals surface area contributed by atoms with Crippen molar-refractivity contribution in [2.45, 2.75) is 104 Å². The zero-order valence-corrected chi connectivity index (χ0v) is 25.0. The number of rotatable bonds is 27. The maximum atomic E-state index is 6.24. The molecule has 0 heterocycles. The Morgan fingerprint density at radius 2 is 1.00 bits per heavy atom. The zero-order chi connectivity index (χ0) is 25.3. The summed E-state index contributed by atoms with van der Waals surface area (Å²) in [5, 5.41) is 0. The summed E-state index contributed by atoms with van der Waals surface area (Å²) < 4.78 is 29.7. The number of nitrogens with two attached hydrogens (primary N) is 1. The summed E-state index contributed by atoms with van der Waals surface area (Å²) >= 11 is 0. The quantitative estimate of drug-likeness (QED) is 0.0806. The van der Waals surface area contributed by atoms with Gasteiger partial charge in [-0.25, -0.2) is 0 Å². The van der Waals surface area contributed by atoms with Crippen molar-refractivity contribution >= 4 is 17.2 Å². The van der Waals surface area contributed by atoms with Crippen LogP contribution in [-0.2, 0) is 23.7 Å². The van der Waals surface area contributed by atoms with Crippen molar-refractivity contribution in [3.05, 3.63) is 0 Å². The first-order chi connectivity index (χ1) is 16.6. The Bertz CT molecular complexity index is 375. The summed E-state index contributed by atoms with van der Waals surface area (Å²) in [6.45, 7) is 15.0. The second-order valence-corrected chi connectivity index (χ2v) is 11.7. The topological polar surface area (TPSA) is 72.2 Å². The van der Waals surface area contributed by atoms with E-state index >= 15 is 0 Å². The summed E-state index contributed by atoms with van der Waals surface area (Å²) in [7, 11) is 1.78. The minimum Gasteiger partial charge on any atom is -0.374 e. The highest BCUT2D eigenvalue weighted by Crippen LogP contribution is 2.29. The fraction of sp³-hybridized carbons (Fsp3) is 1.00. The average Bonchev–Trinajstić information content (AvgIpc) is 2.85. The second-order valence-electron chi connectivity index (χ2n) is 8.74. The molecule has 0 aliphatic heterocycles. The van der Waals surface area contributed by atoms with Gasteiger partial charge in [-0.15, -0.1) is 17.2 Å². The van der Waals surface area contributed by atoms with Gasteiger partial charge >= 0.3 is 0 Å². The second kappa shape index (κ2) is 25.3. The zero-order valence-electron chi connectivity index (χ0n) is 23.0. The lowest BCUT2D eigenvalue weighted by atomic mass is 9.97. The van der Waals surface area contributed by atoms with Crippen LogP contribution in [0.2, 0.25) is 0 Å². The van der Waals surface area contributed by atoms with Gasteiger partial charge in [-0.05, 0) is 70.1 Å². The third-order valence-corrected chi connectivity index (χ3v) is 7.97. The Balaban J connectivity index is 4.34. The van der Waals surface area contributed by atoms with E-state index in [4.69, 9.17) is 29.4 Å². The molecule has 0 aromatic carbocycles. The molecule has 0 bridgehead atoms. The van der Waals surface area contributed by atoms with Crippen LogP contribution in [0.4, 0.5) is 0 Å². The van der Waals surface area contributed by atoms with Crippen LogP contribution in [0.5, 0.6) is 0 Å². The van der Waals surface area contributed by atoms with Crippen LogP contribution in [-0.4, -0.2) is 82.4 Å². The standard InChI is InChI=1S/C26H57NO5P2/c1-6-15-28-24(29-16-7-2)11-19-33-21-13-26(23-27,32-10-5)14-22-34-20-12-25(30-17-8-3)31-18-9-4/h24-25,33-34H,6-23,27H2,1-5H3. The van der Waals surface area contributed by atoms with Crippen molar-refractivity contribution in [1.29, 1.82) is 0 Å². The van der Waals surface area contributed by atoms with E-state index < -0.39 is 0 Å². The maximum Gasteiger partial charge on any atom is 0.157 e. The molecular weight excluding hydrogens is 468 g/mol. The molecule has 0 spiro atoms. The first-order valence-electron chi connectivity index (χ1n) is 13.8. The minimum absolute atomic E-state index is 0.0498. The molecule has 0 saturated carbocycles. The van der Waals surface area contributed by atoms with Crippen molar-refractivity contribution in [2.75, 3.05) is 64.2 Å². The first kappa shape index (κ1) is 34.6. The van der Waals surface area contributed by atoms with Gasteiger partial charge in [0.05, 0.1) is 5.60 Å². The monoisotopic (exact) mass is 525 g/mol. The van der Waals surface area contributed by atoms with Crippen LogP contribution in [0.3, 0.4) is 0 Å². The van der Waals surface area contributed by atoms with E-state index in [9.17, 15) is 0 Å². The molecule has 0 aromatic heterocycles. The molecule has 0 fully saturated rings. The fourth-order valence-corrected chi connectivity index (χ4v) is 6.23. The third-order valence-electron chi connectivity index (χ3n) is 5.48. The highest BCUT2D eigenvalue weighted by Gasteiger charge is 2.28. The van der Waals surface area contributed by atoms with Crippen molar-refractivity contribution in [3.8, 4) is 0 Å². The lowest BCUT2D eigenvalue weighted by Gasteiger charge is -2.33. The molecule has 6 nitrogen and oxygen atoms in total. The van der Waals surface area contributed by atoms with Crippen LogP contribution in [0.15, 0.2) is 0 Å². The van der Waals surface area contributed by atoms with Crippen molar-refractivity contribution in [2.24, 2.45) is 5.73 Å². The molecule has 0 saturated heterocycles. The van der Waals surface area contributed by atoms with Crippen LogP contribution in [0, 0.1) is 0 Å². The molecule has 8 heteroatoms. The van der Waals surface area contributed by atoms with Gasteiger partial charge in [0.25, 0.3) is 0 Å². The lowest BCUT2D eigenvalue weighted by molar-refractivity contribution is -0.142. The van der Waals surface area contributed by atoms with Gasteiger partial charge in [0.1, 0.15) is 0 Å². The smallest absolute Gasteiger partial charge is 0.157 e. The van der Waals surface area contributed by atoms with E-state index in [0.717, 1.165) is 126 Å². The van der Waals surface area contributed by atoms with Gasteiger partial charge in [0.2, 0.25) is 0 Å². The Morgan fingerprint density at radius 1 is 0.618 bits per heavy atom. The van der Waals surface area contributed by atoms with Crippen molar-refractivity contribution in [3.63, 3.8) is 0 Å². The molecule has 0 aromatic rings. The molecule has 34 heavy (non-hydrogen) atoms. The molecular formula is C26H57NO5P2. The Kier molecular flexibility index (Phi) is 25.7. The van der Waals surface area contributed by atoms with Crippen LogP contribution in [0.1, 0.15) is 86.0 Å². The fourth-order valence-electron chi connectivity index (χ4n) is 3.59. The van der Waals surface area contributed by atoms with Crippen LogP contribution >= 0.6 is 17.2 Å². The molecule has 0 amide bonds. The molecule has 2 N–H and O–H groups in total. The van der Waals surface area contributed by atoms with Gasteiger partial charge in [-0.3, -0.25) is 0 Å². The van der Waals surface area contributed by atoms with Gasteiger partial charge in [0, 0.05) is 52.4 Å². The SMILES string of the molecule is CCCOC(CCPCCC(CN)(CCPCCC(OCCC)OCCC)OCC)OCCC. The highest BCUT2D eigenvalue weighted by molar-refractivity contribution is 7.38. The van der Waals surface area contributed by atoms with Gasteiger partial charge in [-0.2, -0.15) is 0 Å². The predicted molar refractivity (Wildman–Crippen MR) is 151 cm³/mol. The summed E-state index contributed by atoms with van der Waals surface area (Å²) in [6, 6.07) is 0. The van der Waals surface area contributed by atoms with E-state index in [-0.39, 0.29) is 18.2 Å². The molecule has 0 rings (SSSR count). The summed E-state index contributed by atoms with van der Waals surface area (Å²) in [4.78, 5) is 0. The van der Waals surface area contributed by atoms with E-state index in [2.05, 4.69) is 34.6 Å². The largest absolute Gasteiger partial charge is 0.374 e. The van der Waals surface area contributed by atoms with E-state index in [1.807, 2.05) is 0 Å². The normalized spacial score (nSPS) is 14.5. The van der Waals surface area contributed by atoms with Crippen molar-refractivity contribution in [1.82, 2.24) is 0 Å². The molecule has 0 radical (unpaired) electrons. The average molecular weight is 526 g/mol. The maximum absolute atomic E-state index is 6.24. The van der Waals surface area contributed by atoms with Gasteiger partial charge in [-0.1, -0.05) is 27.7 Å².